The van der Waals surface area contributed by atoms with E-state index in [0.717, 1.165) is 24.9 Å². The molecule has 0 aromatic heterocycles. The molecule has 1 amide bonds. The molecule has 0 heterocycles. The van der Waals surface area contributed by atoms with Crippen molar-refractivity contribution >= 4 is 11.6 Å². The number of amides is 1. The van der Waals surface area contributed by atoms with Crippen molar-refractivity contribution in [3.63, 3.8) is 0 Å². The Hall–Kier alpha value is -1.35. The predicted octanol–water partition coefficient (Wildman–Crippen LogP) is 2.32. The van der Waals surface area contributed by atoms with Gasteiger partial charge in [0.25, 0.3) is 0 Å². The average Bonchev–Trinajstić information content (AvgIpc) is 2.30. The highest BCUT2D eigenvalue weighted by atomic mass is 16.1. The van der Waals surface area contributed by atoms with Gasteiger partial charge in [-0.25, -0.2) is 0 Å². The zero-order valence-electron chi connectivity index (χ0n) is 9.83. The summed E-state index contributed by atoms with van der Waals surface area (Å²) in [5.41, 5.74) is 7.49. The lowest BCUT2D eigenvalue weighted by molar-refractivity contribution is -0.116. The molecule has 0 fully saturated rings. The van der Waals surface area contributed by atoms with Gasteiger partial charge >= 0.3 is 0 Å². The van der Waals surface area contributed by atoms with Gasteiger partial charge in [-0.1, -0.05) is 25.1 Å². The maximum atomic E-state index is 11.6. The van der Waals surface area contributed by atoms with E-state index in [2.05, 4.69) is 12.2 Å². The molecule has 0 radical (unpaired) electrons. The van der Waals surface area contributed by atoms with Crippen LogP contribution in [0.3, 0.4) is 0 Å². The van der Waals surface area contributed by atoms with Crippen molar-refractivity contribution in [2.45, 2.75) is 32.6 Å². The van der Waals surface area contributed by atoms with Gasteiger partial charge in [0, 0.05) is 12.1 Å². The Morgan fingerprint density at radius 2 is 2.06 bits per heavy atom. The van der Waals surface area contributed by atoms with Crippen LogP contribution >= 0.6 is 0 Å². The summed E-state index contributed by atoms with van der Waals surface area (Å²) in [7, 11) is 0. The molecular formula is C13H20N2O. The van der Waals surface area contributed by atoms with Gasteiger partial charge < -0.3 is 11.1 Å². The molecule has 0 unspecified atom stereocenters. The van der Waals surface area contributed by atoms with Crippen molar-refractivity contribution in [1.29, 1.82) is 0 Å². The van der Waals surface area contributed by atoms with E-state index in [1.54, 1.807) is 0 Å². The third-order valence-corrected chi connectivity index (χ3v) is 2.53. The number of anilines is 1. The average molecular weight is 220 g/mol. The van der Waals surface area contributed by atoms with E-state index in [0.29, 0.717) is 13.0 Å². The summed E-state index contributed by atoms with van der Waals surface area (Å²) in [6.07, 6.45) is 3.24. The van der Waals surface area contributed by atoms with Crippen LogP contribution in [0.5, 0.6) is 0 Å². The van der Waals surface area contributed by atoms with Crippen molar-refractivity contribution in [3.05, 3.63) is 29.8 Å². The summed E-state index contributed by atoms with van der Waals surface area (Å²) in [4.78, 5) is 11.6. The molecule has 88 valence electrons. The number of carbonyl (C=O) groups is 1. The first-order valence-corrected chi connectivity index (χ1v) is 5.85. The van der Waals surface area contributed by atoms with Crippen LogP contribution in [-0.2, 0) is 11.2 Å². The van der Waals surface area contributed by atoms with Gasteiger partial charge in [0.2, 0.25) is 5.91 Å². The van der Waals surface area contributed by atoms with Gasteiger partial charge in [0.15, 0.2) is 0 Å². The molecule has 3 N–H and O–H groups in total. The van der Waals surface area contributed by atoms with Gasteiger partial charge in [-0.05, 0) is 37.4 Å². The lowest BCUT2D eigenvalue weighted by Crippen LogP contribution is -2.13. The van der Waals surface area contributed by atoms with E-state index in [1.807, 2.05) is 24.3 Å². The summed E-state index contributed by atoms with van der Waals surface area (Å²) in [5, 5.41) is 2.94. The highest BCUT2D eigenvalue weighted by Crippen LogP contribution is 2.15. The van der Waals surface area contributed by atoms with Gasteiger partial charge in [0.05, 0.1) is 0 Å². The third kappa shape index (κ3) is 4.03. The number of hydrogen-bond donors (Lipinski definition) is 2. The first kappa shape index (κ1) is 12.7. The van der Waals surface area contributed by atoms with Gasteiger partial charge in [-0.3, -0.25) is 4.79 Å². The van der Waals surface area contributed by atoms with Crippen LogP contribution in [0.1, 0.15) is 31.7 Å². The van der Waals surface area contributed by atoms with Crippen LogP contribution < -0.4 is 11.1 Å². The highest BCUT2D eigenvalue weighted by molar-refractivity contribution is 5.91. The fourth-order valence-electron chi connectivity index (χ4n) is 1.59. The monoisotopic (exact) mass is 220 g/mol. The van der Waals surface area contributed by atoms with Crippen LogP contribution in [0, 0.1) is 0 Å². The van der Waals surface area contributed by atoms with E-state index in [9.17, 15) is 4.79 Å². The fourth-order valence-corrected chi connectivity index (χ4v) is 1.59. The molecule has 0 aliphatic rings. The Morgan fingerprint density at radius 1 is 1.31 bits per heavy atom. The third-order valence-electron chi connectivity index (χ3n) is 2.53. The molecule has 1 aromatic carbocycles. The maximum Gasteiger partial charge on any atom is 0.224 e. The van der Waals surface area contributed by atoms with Crippen LogP contribution in [0.25, 0.3) is 0 Å². The number of carbonyl (C=O) groups excluding carboxylic acids is 1. The first-order chi connectivity index (χ1) is 7.77. The summed E-state index contributed by atoms with van der Waals surface area (Å²) in [5.74, 6) is 0.0781. The summed E-state index contributed by atoms with van der Waals surface area (Å²) in [6, 6.07) is 7.91. The molecular weight excluding hydrogens is 200 g/mol. The molecule has 16 heavy (non-hydrogen) atoms. The summed E-state index contributed by atoms with van der Waals surface area (Å²) in [6.45, 7) is 2.73. The zero-order valence-corrected chi connectivity index (χ0v) is 9.83. The van der Waals surface area contributed by atoms with E-state index in [-0.39, 0.29) is 5.91 Å². The number of nitrogens with one attached hydrogen (secondary N) is 1. The molecule has 1 aromatic rings. The predicted molar refractivity (Wildman–Crippen MR) is 67.4 cm³/mol. The van der Waals surface area contributed by atoms with Crippen molar-refractivity contribution < 1.29 is 4.79 Å². The fraction of sp³-hybridized carbons (Fsp3) is 0.462. The molecule has 0 bridgehead atoms. The number of para-hydroxylation sites is 1. The molecule has 3 heteroatoms. The highest BCUT2D eigenvalue weighted by Gasteiger charge is 2.04. The van der Waals surface area contributed by atoms with Crippen molar-refractivity contribution in [3.8, 4) is 0 Å². The second kappa shape index (κ2) is 7.01. The van der Waals surface area contributed by atoms with Gasteiger partial charge in [-0.2, -0.15) is 0 Å². The normalized spacial score (nSPS) is 10.1. The number of benzene rings is 1. The molecule has 0 saturated carbocycles. The first-order valence-electron chi connectivity index (χ1n) is 5.85. The van der Waals surface area contributed by atoms with E-state index in [1.165, 1.54) is 5.56 Å². The molecule has 0 atom stereocenters. The Kier molecular flexibility index (Phi) is 5.57. The zero-order chi connectivity index (χ0) is 11.8. The largest absolute Gasteiger partial charge is 0.330 e. The van der Waals surface area contributed by atoms with E-state index in [4.69, 9.17) is 5.73 Å². The minimum atomic E-state index is 0.0781. The van der Waals surface area contributed by atoms with Crippen LogP contribution in [0.15, 0.2) is 24.3 Å². The van der Waals surface area contributed by atoms with Crippen LogP contribution in [0.2, 0.25) is 0 Å². The number of hydrogen-bond acceptors (Lipinski definition) is 2. The van der Waals surface area contributed by atoms with Crippen molar-refractivity contribution in [2.75, 3.05) is 11.9 Å². The Balaban J connectivity index is 2.49. The molecule has 0 aliphatic heterocycles. The lowest BCUT2D eigenvalue weighted by atomic mass is 10.1. The number of nitrogens with two attached hydrogens (primary N) is 1. The Bertz CT molecular complexity index is 336. The van der Waals surface area contributed by atoms with E-state index < -0.39 is 0 Å². The van der Waals surface area contributed by atoms with Crippen molar-refractivity contribution in [1.82, 2.24) is 0 Å². The van der Waals surface area contributed by atoms with Crippen LogP contribution in [-0.4, -0.2) is 12.5 Å². The standard InChI is InChI=1S/C13H20N2O/c1-2-11-7-3-4-8-12(11)15-13(16)9-5-6-10-14/h3-4,7-8H,2,5-6,9-10,14H2,1H3,(H,15,16). The molecule has 3 nitrogen and oxygen atoms in total. The molecule has 0 aliphatic carbocycles. The Morgan fingerprint density at radius 3 is 2.75 bits per heavy atom. The topological polar surface area (TPSA) is 55.1 Å². The molecule has 0 saturated heterocycles. The second-order valence-electron chi connectivity index (χ2n) is 3.80. The number of rotatable bonds is 6. The van der Waals surface area contributed by atoms with Gasteiger partial charge in [0.1, 0.15) is 0 Å². The van der Waals surface area contributed by atoms with Crippen molar-refractivity contribution in [2.24, 2.45) is 5.73 Å². The number of aryl methyl sites for hydroxylation is 1. The minimum absolute atomic E-state index is 0.0781. The van der Waals surface area contributed by atoms with Crippen LogP contribution in [0.4, 0.5) is 5.69 Å². The maximum absolute atomic E-state index is 11.6. The lowest BCUT2D eigenvalue weighted by Gasteiger charge is -2.09. The minimum Gasteiger partial charge on any atom is -0.330 e. The molecule has 0 spiro atoms. The summed E-state index contributed by atoms with van der Waals surface area (Å²) < 4.78 is 0. The SMILES string of the molecule is CCc1ccccc1NC(=O)CCCCN. The molecule has 1 rings (SSSR count). The quantitative estimate of drug-likeness (QED) is 0.723. The van der Waals surface area contributed by atoms with E-state index >= 15 is 0 Å². The van der Waals surface area contributed by atoms with Gasteiger partial charge in [-0.15, -0.1) is 0 Å². The second-order valence-corrected chi connectivity index (χ2v) is 3.80. The number of unbranched alkanes of at least 4 members (excludes halogenated alkanes) is 1. The smallest absolute Gasteiger partial charge is 0.224 e. The Labute approximate surface area is 97.0 Å². The summed E-state index contributed by atoms with van der Waals surface area (Å²) >= 11 is 0.